The molecule has 0 amide bonds. The monoisotopic (exact) mass is 325 g/mol. The zero-order chi connectivity index (χ0) is 17.7. The molecule has 0 aliphatic carbocycles. The smallest absolute Gasteiger partial charge is 0.337 e. The number of aromatic nitrogens is 1. The first-order chi connectivity index (χ1) is 11.5. The molecule has 0 aliphatic rings. The van der Waals surface area contributed by atoms with E-state index in [1.807, 2.05) is 19.9 Å². The van der Waals surface area contributed by atoms with Crippen LogP contribution >= 0.6 is 0 Å². The van der Waals surface area contributed by atoms with Crippen molar-refractivity contribution >= 4 is 22.3 Å². The summed E-state index contributed by atoms with van der Waals surface area (Å²) >= 11 is 0. The minimum absolute atomic E-state index is 0.346. The summed E-state index contributed by atoms with van der Waals surface area (Å²) in [6, 6.07) is 5.21. The third kappa shape index (κ3) is 3.43. The van der Waals surface area contributed by atoms with Crippen molar-refractivity contribution in [2.75, 3.05) is 7.11 Å². The molecule has 0 unspecified atom stereocenters. The maximum atomic E-state index is 14.5. The van der Waals surface area contributed by atoms with Crippen LogP contribution in [0.4, 0.5) is 4.39 Å². The van der Waals surface area contributed by atoms with Crippen LogP contribution in [0, 0.1) is 6.92 Å². The molecule has 3 nitrogen and oxygen atoms in total. The van der Waals surface area contributed by atoms with Crippen LogP contribution in [0.25, 0.3) is 16.3 Å². The molecule has 1 heterocycles. The molecular weight excluding hydrogens is 305 g/mol. The molecular formula is C20H20FNO2. The normalized spacial score (nSPS) is 12.3. The number of carbonyl (C=O) groups is 1. The van der Waals surface area contributed by atoms with Crippen molar-refractivity contribution in [3.05, 3.63) is 71.9 Å². The Kier molecular flexibility index (Phi) is 5.64. The number of rotatable bonds is 5. The number of allylic oxidation sites excluding steroid dienone is 5. The van der Waals surface area contributed by atoms with Crippen LogP contribution in [-0.2, 0) is 4.74 Å². The fraction of sp³-hybridized carbons (Fsp3) is 0.200. The molecule has 0 atom stereocenters. The molecule has 2 rings (SSSR count). The van der Waals surface area contributed by atoms with E-state index in [0.29, 0.717) is 28.6 Å². The summed E-state index contributed by atoms with van der Waals surface area (Å²) in [5.74, 6) is -0.804. The molecule has 0 saturated carbocycles. The van der Waals surface area contributed by atoms with Gasteiger partial charge in [-0.3, -0.25) is 4.98 Å². The standard InChI is InChI=1S/C20H20FNO2/c1-5-7-16(18(21)8-6-2)19-17-11-14(20(23)24-4)9-10-15(17)13(3)12-22-19/h5,7-12H,1,6H2,2-4H3/b16-7+,18-8+. The first-order valence-corrected chi connectivity index (χ1v) is 7.70. The Morgan fingerprint density at radius 1 is 1.38 bits per heavy atom. The fourth-order valence-corrected chi connectivity index (χ4v) is 2.52. The number of benzene rings is 1. The second kappa shape index (κ2) is 7.68. The van der Waals surface area contributed by atoms with Crippen molar-refractivity contribution in [3.8, 4) is 0 Å². The van der Waals surface area contributed by atoms with Gasteiger partial charge in [0.15, 0.2) is 0 Å². The van der Waals surface area contributed by atoms with E-state index >= 15 is 0 Å². The molecule has 1 aromatic heterocycles. The van der Waals surface area contributed by atoms with Gasteiger partial charge in [-0.1, -0.05) is 31.7 Å². The zero-order valence-corrected chi connectivity index (χ0v) is 14.1. The van der Waals surface area contributed by atoms with Gasteiger partial charge in [0.05, 0.1) is 18.4 Å². The molecule has 0 bridgehead atoms. The Morgan fingerprint density at radius 2 is 2.12 bits per heavy atom. The SMILES string of the molecule is C=C/C=C(\C(F)=C/CC)c1ncc(C)c2ccc(C(=O)OC)cc12. The highest BCUT2D eigenvalue weighted by Crippen LogP contribution is 2.31. The van der Waals surface area contributed by atoms with E-state index in [1.54, 1.807) is 24.4 Å². The summed E-state index contributed by atoms with van der Waals surface area (Å²) in [6.07, 6.45) is 6.87. The lowest BCUT2D eigenvalue weighted by Gasteiger charge is -2.11. The van der Waals surface area contributed by atoms with Gasteiger partial charge in [-0.05, 0) is 42.5 Å². The average molecular weight is 325 g/mol. The van der Waals surface area contributed by atoms with Crippen LogP contribution < -0.4 is 0 Å². The number of hydrogen-bond donors (Lipinski definition) is 0. The van der Waals surface area contributed by atoms with Gasteiger partial charge in [0, 0.05) is 17.2 Å². The van der Waals surface area contributed by atoms with Crippen molar-refractivity contribution in [2.45, 2.75) is 20.3 Å². The molecule has 0 spiro atoms. The lowest BCUT2D eigenvalue weighted by atomic mass is 9.98. The quantitative estimate of drug-likeness (QED) is 0.563. The molecule has 0 aliphatic heterocycles. The molecule has 124 valence electrons. The van der Waals surface area contributed by atoms with Gasteiger partial charge >= 0.3 is 5.97 Å². The number of carbonyl (C=O) groups excluding carboxylic acids is 1. The van der Waals surface area contributed by atoms with Gasteiger partial charge in [0.25, 0.3) is 0 Å². The van der Waals surface area contributed by atoms with Crippen molar-refractivity contribution in [2.24, 2.45) is 0 Å². The van der Waals surface area contributed by atoms with E-state index in [4.69, 9.17) is 4.74 Å². The number of aryl methyl sites for hydroxylation is 1. The largest absolute Gasteiger partial charge is 0.465 e. The minimum atomic E-state index is -0.442. The van der Waals surface area contributed by atoms with Crippen molar-refractivity contribution in [3.63, 3.8) is 0 Å². The number of pyridine rings is 1. The maximum Gasteiger partial charge on any atom is 0.337 e. The Hall–Kier alpha value is -2.75. The second-order valence-electron chi connectivity index (χ2n) is 5.32. The number of halogens is 1. The van der Waals surface area contributed by atoms with Gasteiger partial charge in [-0.15, -0.1) is 0 Å². The minimum Gasteiger partial charge on any atom is -0.465 e. The van der Waals surface area contributed by atoms with Crippen LogP contribution in [0.2, 0.25) is 0 Å². The van der Waals surface area contributed by atoms with Gasteiger partial charge < -0.3 is 4.74 Å². The molecule has 0 N–H and O–H groups in total. The van der Waals surface area contributed by atoms with Gasteiger partial charge in [0.2, 0.25) is 0 Å². The predicted molar refractivity (Wildman–Crippen MR) is 95.5 cm³/mol. The summed E-state index contributed by atoms with van der Waals surface area (Å²) in [4.78, 5) is 16.2. The molecule has 0 radical (unpaired) electrons. The predicted octanol–water partition coefficient (Wildman–Crippen LogP) is 5.16. The molecule has 1 aromatic carbocycles. The highest BCUT2D eigenvalue weighted by Gasteiger charge is 2.15. The van der Waals surface area contributed by atoms with Gasteiger partial charge in [-0.25, -0.2) is 9.18 Å². The number of ether oxygens (including phenoxy) is 1. The zero-order valence-electron chi connectivity index (χ0n) is 14.1. The van der Waals surface area contributed by atoms with E-state index in [1.165, 1.54) is 19.3 Å². The fourth-order valence-electron chi connectivity index (χ4n) is 2.52. The average Bonchev–Trinajstić information content (AvgIpc) is 2.59. The lowest BCUT2D eigenvalue weighted by molar-refractivity contribution is 0.0601. The van der Waals surface area contributed by atoms with Gasteiger partial charge in [0.1, 0.15) is 5.83 Å². The summed E-state index contributed by atoms with van der Waals surface area (Å²) in [5.41, 5.74) is 2.17. The van der Waals surface area contributed by atoms with Crippen LogP contribution in [0.3, 0.4) is 0 Å². The molecule has 0 fully saturated rings. The first-order valence-electron chi connectivity index (χ1n) is 7.70. The van der Waals surface area contributed by atoms with Crippen LogP contribution in [0.5, 0.6) is 0 Å². The number of esters is 1. The highest BCUT2D eigenvalue weighted by molar-refractivity contribution is 6.01. The van der Waals surface area contributed by atoms with E-state index in [2.05, 4.69) is 11.6 Å². The Balaban J connectivity index is 2.79. The van der Waals surface area contributed by atoms with Gasteiger partial charge in [-0.2, -0.15) is 0 Å². The van der Waals surface area contributed by atoms with Crippen LogP contribution in [0.1, 0.15) is 35.0 Å². The molecule has 4 heteroatoms. The van der Waals surface area contributed by atoms with E-state index in [9.17, 15) is 9.18 Å². The topological polar surface area (TPSA) is 39.2 Å². The molecule has 0 saturated heterocycles. The molecule has 2 aromatic rings. The Morgan fingerprint density at radius 3 is 2.75 bits per heavy atom. The van der Waals surface area contributed by atoms with Crippen molar-refractivity contribution in [1.82, 2.24) is 4.98 Å². The van der Waals surface area contributed by atoms with Crippen molar-refractivity contribution < 1.29 is 13.9 Å². The third-order valence-electron chi connectivity index (χ3n) is 3.69. The first kappa shape index (κ1) is 17.6. The Labute approximate surface area is 141 Å². The third-order valence-corrected chi connectivity index (χ3v) is 3.69. The number of methoxy groups -OCH3 is 1. The summed E-state index contributed by atoms with van der Waals surface area (Å²) in [7, 11) is 1.33. The second-order valence-corrected chi connectivity index (χ2v) is 5.32. The molecule has 24 heavy (non-hydrogen) atoms. The lowest BCUT2D eigenvalue weighted by Crippen LogP contribution is -2.02. The highest BCUT2D eigenvalue weighted by atomic mass is 19.1. The van der Waals surface area contributed by atoms with Crippen LogP contribution in [0.15, 0.2) is 55.0 Å². The maximum absolute atomic E-state index is 14.5. The van der Waals surface area contributed by atoms with Crippen molar-refractivity contribution in [1.29, 1.82) is 0 Å². The van der Waals surface area contributed by atoms with E-state index in [-0.39, 0.29) is 5.83 Å². The van der Waals surface area contributed by atoms with E-state index < -0.39 is 5.97 Å². The van der Waals surface area contributed by atoms with E-state index in [0.717, 1.165) is 10.9 Å². The van der Waals surface area contributed by atoms with Crippen LogP contribution in [-0.4, -0.2) is 18.1 Å². The Bertz CT molecular complexity index is 850. The summed E-state index contributed by atoms with van der Waals surface area (Å²) in [6.45, 7) is 7.44. The number of nitrogens with zero attached hydrogens (tertiary/aromatic N) is 1. The number of hydrogen-bond acceptors (Lipinski definition) is 3. The summed E-state index contributed by atoms with van der Waals surface area (Å²) in [5, 5.41) is 1.61. The number of fused-ring (bicyclic) bond motifs is 1. The summed E-state index contributed by atoms with van der Waals surface area (Å²) < 4.78 is 19.3.